The van der Waals surface area contributed by atoms with E-state index in [1.807, 2.05) is 0 Å². The van der Waals surface area contributed by atoms with Crippen molar-refractivity contribution in [3.8, 4) is 0 Å². The van der Waals surface area contributed by atoms with Crippen LogP contribution in [0.1, 0.15) is 13.3 Å². The number of carbonyl (C=O) groups is 2. The third kappa shape index (κ3) is 3.97. The number of aromatic nitrogens is 1. The fourth-order valence-corrected chi connectivity index (χ4v) is 1.35. The lowest BCUT2D eigenvalue weighted by molar-refractivity contribution is -0.136. The van der Waals surface area contributed by atoms with E-state index in [4.69, 9.17) is 16.7 Å². The highest BCUT2D eigenvalue weighted by atomic mass is 35.5. The Morgan fingerprint density at radius 1 is 1.50 bits per heavy atom. The number of hydrogen-bond donors (Lipinski definition) is 3. The highest BCUT2D eigenvalue weighted by molar-refractivity contribution is 6.41. The molecule has 98 valence electrons. The zero-order chi connectivity index (χ0) is 13.5. The van der Waals surface area contributed by atoms with Crippen molar-refractivity contribution in [1.82, 2.24) is 10.3 Å². The van der Waals surface area contributed by atoms with Crippen LogP contribution >= 0.6 is 11.6 Å². The first-order valence-electron chi connectivity index (χ1n) is 5.41. The van der Waals surface area contributed by atoms with Crippen molar-refractivity contribution in [2.45, 2.75) is 19.4 Å². The number of halogens is 1. The highest BCUT2D eigenvalue weighted by Crippen LogP contribution is 2.16. The third-order valence-electron chi connectivity index (χ3n) is 2.26. The molecule has 0 saturated heterocycles. The standard InChI is InChI=1S/C11H14ClN3O3/c1-2-7(6-16)14-10(17)11(18)15-8-4-3-5-13-9(8)12/h3-5,7,16H,2,6H2,1H3,(H,14,17)(H,15,18). The summed E-state index contributed by atoms with van der Waals surface area (Å²) in [6.07, 6.45) is 2.00. The van der Waals surface area contributed by atoms with E-state index in [2.05, 4.69) is 15.6 Å². The fourth-order valence-electron chi connectivity index (χ4n) is 1.19. The minimum atomic E-state index is -0.850. The summed E-state index contributed by atoms with van der Waals surface area (Å²) in [5, 5.41) is 13.7. The number of aliphatic hydroxyl groups is 1. The number of carbonyl (C=O) groups excluding carboxylic acids is 2. The summed E-state index contributed by atoms with van der Waals surface area (Å²) in [6.45, 7) is 1.57. The maximum absolute atomic E-state index is 11.5. The first-order valence-corrected chi connectivity index (χ1v) is 5.79. The van der Waals surface area contributed by atoms with Gasteiger partial charge in [0.15, 0.2) is 5.15 Å². The SMILES string of the molecule is CCC(CO)NC(=O)C(=O)Nc1cccnc1Cl. The van der Waals surface area contributed by atoms with E-state index < -0.39 is 17.9 Å². The molecule has 0 bridgehead atoms. The molecule has 0 aliphatic carbocycles. The average Bonchev–Trinajstić information content (AvgIpc) is 2.38. The van der Waals surface area contributed by atoms with Gasteiger partial charge in [-0.3, -0.25) is 9.59 Å². The Bertz CT molecular complexity index is 435. The Labute approximate surface area is 109 Å². The van der Waals surface area contributed by atoms with Gasteiger partial charge >= 0.3 is 11.8 Å². The Balaban J connectivity index is 2.61. The van der Waals surface area contributed by atoms with Gasteiger partial charge in [-0.15, -0.1) is 0 Å². The second-order valence-electron chi connectivity index (χ2n) is 3.56. The summed E-state index contributed by atoms with van der Waals surface area (Å²) in [6, 6.07) is 2.68. The number of nitrogens with one attached hydrogen (secondary N) is 2. The van der Waals surface area contributed by atoms with Crippen LogP contribution in [0.2, 0.25) is 5.15 Å². The summed E-state index contributed by atoms with van der Waals surface area (Å²) in [5.41, 5.74) is 0.261. The molecule has 7 heteroatoms. The summed E-state index contributed by atoms with van der Waals surface area (Å²) in [5.74, 6) is -1.67. The van der Waals surface area contributed by atoms with Crippen molar-refractivity contribution < 1.29 is 14.7 Å². The lowest BCUT2D eigenvalue weighted by atomic mass is 10.2. The van der Waals surface area contributed by atoms with E-state index in [0.717, 1.165) is 0 Å². The first kappa shape index (κ1) is 14.4. The zero-order valence-corrected chi connectivity index (χ0v) is 10.6. The lowest BCUT2D eigenvalue weighted by Crippen LogP contribution is -2.43. The van der Waals surface area contributed by atoms with Crippen LogP contribution in [-0.2, 0) is 9.59 Å². The van der Waals surface area contributed by atoms with Gasteiger partial charge in [-0.1, -0.05) is 18.5 Å². The van der Waals surface area contributed by atoms with E-state index in [1.165, 1.54) is 12.3 Å². The van der Waals surface area contributed by atoms with E-state index in [1.54, 1.807) is 13.0 Å². The molecule has 0 aliphatic heterocycles. The van der Waals surface area contributed by atoms with Gasteiger partial charge in [0, 0.05) is 6.20 Å². The monoisotopic (exact) mass is 271 g/mol. The van der Waals surface area contributed by atoms with Crippen molar-refractivity contribution in [3.63, 3.8) is 0 Å². The van der Waals surface area contributed by atoms with E-state index in [9.17, 15) is 9.59 Å². The van der Waals surface area contributed by atoms with Crippen molar-refractivity contribution in [3.05, 3.63) is 23.5 Å². The normalized spacial score (nSPS) is 11.7. The quantitative estimate of drug-likeness (QED) is 0.551. The summed E-state index contributed by atoms with van der Waals surface area (Å²) < 4.78 is 0. The molecule has 6 nitrogen and oxygen atoms in total. The second kappa shape index (κ2) is 6.93. The van der Waals surface area contributed by atoms with E-state index in [-0.39, 0.29) is 17.4 Å². The van der Waals surface area contributed by atoms with Crippen LogP contribution in [0.4, 0.5) is 5.69 Å². The van der Waals surface area contributed by atoms with Crippen LogP contribution in [0.5, 0.6) is 0 Å². The minimum absolute atomic E-state index is 0.104. The van der Waals surface area contributed by atoms with Gasteiger partial charge in [0.25, 0.3) is 0 Å². The van der Waals surface area contributed by atoms with Gasteiger partial charge in [-0.2, -0.15) is 0 Å². The maximum atomic E-state index is 11.5. The number of hydrogen-bond acceptors (Lipinski definition) is 4. The molecule has 1 aromatic heterocycles. The van der Waals surface area contributed by atoms with Crippen LogP contribution in [0.15, 0.2) is 18.3 Å². The predicted octanol–water partition coefficient (Wildman–Crippen LogP) is 0.561. The molecule has 18 heavy (non-hydrogen) atoms. The molecule has 1 atom stereocenters. The fraction of sp³-hybridized carbons (Fsp3) is 0.364. The molecule has 0 saturated carbocycles. The van der Waals surface area contributed by atoms with Crippen molar-refractivity contribution in [2.24, 2.45) is 0 Å². The molecule has 0 radical (unpaired) electrons. The number of pyridine rings is 1. The number of aliphatic hydroxyl groups excluding tert-OH is 1. The molecule has 3 N–H and O–H groups in total. The molecule has 1 rings (SSSR count). The van der Waals surface area contributed by atoms with Gasteiger partial charge in [0.1, 0.15) is 0 Å². The van der Waals surface area contributed by atoms with Gasteiger partial charge in [0.05, 0.1) is 18.3 Å². The predicted molar refractivity (Wildman–Crippen MR) is 67.2 cm³/mol. The Kier molecular flexibility index (Phi) is 5.54. The largest absolute Gasteiger partial charge is 0.394 e. The van der Waals surface area contributed by atoms with Crippen LogP contribution in [0.3, 0.4) is 0 Å². The lowest BCUT2D eigenvalue weighted by Gasteiger charge is -2.13. The average molecular weight is 272 g/mol. The van der Waals surface area contributed by atoms with Crippen LogP contribution in [-0.4, -0.2) is 34.6 Å². The molecular formula is C11H14ClN3O3. The van der Waals surface area contributed by atoms with Crippen LogP contribution in [0.25, 0.3) is 0 Å². The molecule has 2 amide bonds. The van der Waals surface area contributed by atoms with E-state index >= 15 is 0 Å². The minimum Gasteiger partial charge on any atom is -0.394 e. The Morgan fingerprint density at radius 3 is 2.78 bits per heavy atom. The van der Waals surface area contributed by atoms with Crippen molar-refractivity contribution in [2.75, 3.05) is 11.9 Å². The topological polar surface area (TPSA) is 91.3 Å². The maximum Gasteiger partial charge on any atom is 0.313 e. The highest BCUT2D eigenvalue weighted by Gasteiger charge is 2.18. The van der Waals surface area contributed by atoms with Gasteiger partial charge in [-0.05, 0) is 18.6 Å². The molecule has 1 aromatic rings. The number of nitrogens with zero attached hydrogens (tertiary/aromatic N) is 1. The summed E-state index contributed by atoms with van der Waals surface area (Å²) >= 11 is 5.74. The second-order valence-corrected chi connectivity index (χ2v) is 3.92. The van der Waals surface area contributed by atoms with Crippen molar-refractivity contribution in [1.29, 1.82) is 0 Å². The molecule has 0 fully saturated rings. The molecule has 0 aromatic carbocycles. The van der Waals surface area contributed by atoms with Gasteiger partial charge in [0.2, 0.25) is 0 Å². The number of anilines is 1. The Morgan fingerprint density at radius 2 is 2.22 bits per heavy atom. The van der Waals surface area contributed by atoms with Crippen molar-refractivity contribution >= 4 is 29.1 Å². The van der Waals surface area contributed by atoms with Gasteiger partial charge < -0.3 is 15.7 Å². The molecule has 1 heterocycles. The van der Waals surface area contributed by atoms with Gasteiger partial charge in [-0.25, -0.2) is 4.98 Å². The van der Waals surface area contributed by atoms with Crippen LogP contribution in [0, 0.1) is 0 Å². The summed E-state index contributed by atoms with van der Waals surface area (Å²) in [7, 11) is 0. The van der Waals surface area contributed by atoms with E-state index in [0.29, 0.717) is 6.42 Å². The number of rotatable bonds is 4. The third-order valence-corrected chi connectivity index (χ3v) is 2.56. The van der Waals surface area contributed by atoms with Crippen LogP contribution < -0.4 is 10.6 Å². The molecular weight excluding hydrogens is 258 g/mol. The molecule has 0 aliphatic rings. The zero-order valence-electron chi connectivity index (χ0n) is 9.81. The first-order chi connectivity index (χ1) is 8.58. The summed E-state index contributed by atoms with van der Waals surface area (Å²) in [4.78, 5) is 26.8. The number of amides is 2. The molecule has 0 spiro atoms. The smallest absolute Gasteiger partial charge is 0.313 e. The Hall–Kier alpha value is -1.66. The molecule has 1 unspecified atom stereocenters.